The van der Waals surface area contributed by atoms with Crippen LogP contribution in [-0.4, -0.2) is 23.2 Å². The minimum atomic E-state index is -0.0113. The average molecular weight is 353 g/mol. The molecule has 0 bridgehead atoms. The molecule has 0 atom stereocenters. The fourth-order valence-corrected chi connectivity index (χ4v) is 2.08. The summed E-state index contributed by atoms with van der Waals surface area (Å²) in [4.78, 5) is 8.18. The monoisotopic (exact) mass is 352 g/mol. The first kappa shape index (κ1) is 15.4. The first-order valence-corrected chi connectivity index (χ1v) is 7.18. The number of anilines is 3. The van der Waals surface area contributed by atoms with Crippen molar-refractivity contribution in [1.29, 1.82) is 0 Å². The maximum Gasteiger partial charge on any atom is 0.242 e. The molecule has 0 unspecified atom stereocenters. The Morgan fingerprint density at radius 1 is 1.29 bits per heavy atom. The zero-order valence-corrected chi connectivity index (χ0v) is 13.6. The summed E-state index contributed by atoms with van der Waals surface area (Å²) < 4.78 is 11.7. The molecule has 1 aromatic carbocycles. The van der Waals surface area contributed by atoms with Gasteiger partial charge in [-0.05, 0) is 41.9 Å². The van der Waals surface area contributed by atoms with Crippen LogP contribution in [0.3, 0.4) is 0 Å². The molecule has 21 heavy (non-hydrogen) atoms. The lowest BCUT2D eigenvalue weighted by molar-refractivity contribution is 0.234. The van der Waals surface area contributed by atoms with Crippen molar-refractivity contribution in [2.45, 2.75) is 20.0 Å². The standard InChI is InChI=1S/C14H17BrN4O2/c1-8(2)21-14-12(16)13(17-7-18-14)19-9-4-5-10(15)11(6-9)20-3/h4-8H,16H2,1-3H3,(H,17,18,19). The van der Waals surface area contributed by atoms with Crippen LogP contribution in [0, 0.1) is 0 Å². The molecule has 7 heteroatoms. The topological polar surface area (TPSA) is 82.3 Å². The highest BCUT2D eigenvalue weighted by Crippen LogP contribution is 2.32. The molecular formula is C14H17BrN4O2. The van der Waals surface area contributed by atoms with Crippen molar-refractivity contribution in [1.82, 2.24) is 9.97 Å². The van der Waals surface area contributed by atoms with E-state index in [0.717, 1.165) is 10.2 Å². The molecule has 0 saturated heterocycles. The number of ether oxygens (including phenoxy) is 2. The third-order valence-corrected chi connectivity index (χ3v) is 3.26. The van der Waals surface area contributed by atoms with Gasteiger partial charge in [0.25, 0.3) is 0 Å². The minimum absolute atomic E-state index is 0.0113. The fraction of sp³-hybridized carbons (Fsp3) is 0.286. The van der Waals surface area contributed by atoms with Crippen molar-refractivity contribution >= 4 is 33.1 Å². The van der Waals surface area contributed by atoms with Gasteiger partial charge in [0.2, 0.25) is 5.88 Å². The van der Waals surface area contributed by atoms with Crippen molar-refractivity contribution < 1.29 is 9.47 Å². The highest BCUT2D eigenvalue weighted by atomic mass is 79.9. The van der Waals surface area contributed by atoms with E-state index in [1.54, 1.807) is 7.11 Å². The number of hydrogen-bond donors (Lipinski definition) is 2. The summed E-state index contributed by atoms with van der Waals surface area (Å²) in [6.07, 6.45) is 1.40. The van der Waals surface area contributed by atoms with E-state index in [0.29, 0.717) is 23.1 Å². The molecule has 0 aliphatic carbocycles. The molecule has 0 aliphatic rings. The van der Waals surface area contributed by atoms with Crippen LogP contribution in [0.1, 0.15) is 13.8 Å². The summed E-state index contributed by atoms with van der Waals surface area (Å²) in [6.45, 7) is 3.82. The molecule has 2 aromatic rings. The Balaban J connectivity index is 2.27. The molecule has 0 fully saturated rings. The van der Waals surface area contributed by atoms with Crippen LogP contribution in [0.4, 0.5) is 17.2 Å². The van der Waals surface area contributed by atoms with Gasteiger partial charge in [-0.25, -0.2) is 4.98 Å². The lowest BCUT2D eigenvalue weighted by atomic mass is 10.3. The fourth-order valence-electron chi connectivity index (χ4n) is 1.67. The molecule has 3 N–H and O–H groups in total. The van der Waals surface area contributed by atoms with E-state index in [4.69, 9.17) is 15.2 Å². The van der Waals surface area contributed by atoms with Gasteiger partial charge in [0.1, 0.15) is 17.8 Å². The van der Waals surface area contributed by atoms with Crippen LogP contribution in [0.2, 0.25) is 0 Å². The summed E-state index contributed by atoms with van der Waals surface area (Å²) >= 11 is 3.41. The Morgan fingerprint density at radius 2 is 2.05 bits per heavy atom. The molecule has 0 spiro atoms. The number of aromatic nitrogens is 2. The predicted molar refractivity (Wildman–Crippen MR) is 86.2 cm³/mol. The van der Waals surface area contributed by atoms with Crippen molar-refractivity contribution in [3.63, 3.8) is 0 Å². The third-order valence-electron chi connectivity index (χ3n) is 2.61. The molecule has 6 nitrogen and oxygen atoms in total. The molecular weight excluding hydrogens is 336 g/mol. The van der Waals surface area contributed by atoms with Crippen molar-refractivity contribution in [2.75, 3.05) is 18.2 Å². The predicted octanol–water partition coefficient (Wildman–Crippen LogP) is 3.36. The highest BCUT2D eigenvalue weighted by Gasteiger charge is 2.11. The molecule has 1 aromatic heterocycles. The number of methoxy groups -OCH3 is 1. The van der Waals surface area contributed by atoms with Gasteiger partial charge >= 0.3 is 0 Å². The van der Waals surface area contributed by atoms with Gasteiger partial charge in [-0.3, -0.25) is 0 Å². The molecule has 0 saturated carbocycles. The third kappa shape index (κ3) is 3.75. The van der Waals surface area contributed by atoms with Gasteiger partial charge < -0.3 is 20.5 Å². The second-order valence-electron chi connectivity index (χ2n) is 4.58. The van der Waals surface area contributed by atoms with Gasteiger partial charge in [-0.2, -0.15) is 4.98 Å². The lowest BCUT2D eigenvalue weighted by Crippen LogP contribution is -2.10. The van der Waals surface area contributed by atoms with E-state index in [2.05, 4.69) is 31.2 Å². The van der Waals surface area contributed by atoms with E-state index in [-0.39, 0.29) is 6.10 Å². The second-order valence-corrected chi connectivity index (χ2v) is 5.44. The molecule has 2 rings (SSSR count). The molecule has 0 amide bonds. The number of halogens is 1. The number of benzene rings is 1. The van der Waals surface area contributed by atoms with E-state index in [9.17, 15) is 0 Å². The van der Waals surface area contributed by atoms with Crippen LogP contribution in [-0.2, 0) is 0 Å². The Labute approximate surface area is 131 Å². The van der Waals surface area contributed by atoms with Crippen molar-refractivity contribution in [3.05, 3.63) is 29.0 Å². The Hall–Kier alpha value is -2.02. The minimum Gasteiger partial charge on any atom is -0.495 e. The summed E-state index contributed by atoms with van der Waals surface area (Å²) in [7, 11) is 1.61. The van der Waals surface area contributed by atoms with Gasteiger partial charge in [0.15, 0.2) is 5.82 Å². The van der Waals surface area contributed by atoms with Crippen LogP contribution < -0.4 is 20.5 Å². The smallest absolute Gasteiger partial charge is 0.242 e. The number of nitrogens with zero attached hydrogens (tertiary/aromatic N) is 2. The van der Waals surface area contributed by atoms with E-state index in [1.807, 2.05) is 32.0 Å². The average Bonchev–Trinajstić information content (AvgIpc) is 2.44. The maximum atomic E-state index is 6.03. The van der Waals surface area contributed by atoms with Crippen molar-refractivity contribution in [2.24, 2.45) is 0 Å². The van der Waals surface area contributed by atoms with Crippen LogP contribution in [0.25, 0.3) is 0 Å². The first-order chi connectivity index (χ1) is 10.0. The zero-order chi connectivity index (χ0) is 15.4. The van der Waals surface area contributed by atoms with Gasteiger partial charge in [0, 0.05) is 11.8 Å². The van der Waals surface area contributed by atoms with Crippen LogP contribution >= 0.6 is 15.9 Å². The van der Waals surface area contributed by atoms with Crippen LogP contribution in [0.15, 0.2) is 29.0 Å². The number of nitrogen functional groups attached to an aromatic ring is 1. The Bertz CT molecular complexity index is 634. The van der Waals surface area contributed by atoms with E-state index < -0.39 is 0 Å². The number of nitrogens with two attached hydrogens (primary N) is 1. The number of nitrogens with one attached hydrogen (secondary N) is 1. The van der Waals surface area contributed by atoms with Crippen molar-refractivity contribution in [3.8, 4) is 11.6 Å². The summed E-state index contributed by atoms with van der Waals surface area (Å²) in [5, 5.41) is 3.13. The van der Waals surface area contributed by atoms with Gasteiger partial charge in [-0.1, -0.05) is 0 Å². The van der Waals surface area contributed by atoms with Crippen LogP contribution in [0.5, 0.6) is 11.6 Å². The molecule has 0 aliphatic heterocycles. The first-order valence-electron chi connectivity index (χ1n) is 6.39. The second kappa shape index (κ2) is 6.62. The van der Waals surface area contributed by atoms with E-state index >= 15 is 0 Å². The Kier molecular flexibility index (Phi) is 4.85. The summed E-state index contributed by atoms with van der Waals surface area (Å²) in [6, 6.07) is 5.61. The highest BCUT2D eigenvalue weighted by molar-refractivity contribution is 9.10. The normalized spacial score (nSPS) is 10.5. The SMILES string of the molecule is COc1cc(Nc2ncnc(OC(C)C)c2N)ccc1Br. The van der Waals surface area contributed by atoms with Gasteiger partial charge in [-0.15, -0.1) is 0 Å². The molecule has 0 radical (unpaired) electrons. The maximum absolute atomic E-state index is 6.03. The largest absolute Gasteiger partial charge is 0.495 e. The molecule has 112 valence electrons. The number of rotatable bonds is 5. The summed E-state index contributed by atoms with van der Waals surface area (Å²) in [5.41, 5.74) is 7.20. The number of hydrogen-bond acceptors (Lipinski definition) is 6. The quantitative estimate of drug-likeness (QED) is 0.858. The zero-order valence-electron chi connectivity index (χ0n) is 12.1. The summed E-state index contributed by atoms with van der Waals surface area (Å²) in [5.74, 6) is 1.57. The molecule has 1 heterocycles. The Morgan fingerprint density at radius 3 is 2.71 bits per heavy atom. The van der Waals surface area contributed by atoms with Gasteiger partial charge in [0.05, 0.1) is 17.7 Å². The lowest BCUT2D eigenvalue weighted by Gasteiger charge is -2.14. The van der Waals surface area contributed by atoms with E-state index in [1.165, 1.54) is 6.33 Å².